The highest BCUT2D eigenvalue weighted by molar-refractivity contribution is 5.99. The summed E-state index contributed by atoms with van der Waals surface area (Å²) in [5.41, 5.74) is 6.85. The molecule has 0 aliphatic rings. The van der Waals surface area contributed by atoms with Crippen molar-refractivity contribution in [1.29, 1.82) is 0 Å². The molecule has 1 amide bonds. The normalized spacial score (nSPS) is 12.0. The summed E-state index contributed by atoms with van der Waals surface area (Å²) in [4.78, 5) is 13.9. The van der Waals surface area contributed by atoms with Gasteiger partial charge in [-0.3, -0.25) is 4.79 Å². The molecular formula is C14H22N2O2. The number of rotatable bonds is 5. The molecule has 0 saturated heterocycles. The van der Waals surface area contributed by atoms with Crippen molar-refractivity contribution in [1.82, 2.24) is 4.90 Å². The van der Waals surface area contributed by atoms with Gasteiger partial charge < -0.3 is 15.4 Å². The van der Waals surface area contributed by atoms with Crippen LogP contribution in [-0.2, 0) is 0 Å². The van der Waals surface area contributed by atoms with E-state index in [-0.39, 0.29) is 5.91 Å². The summed E-state index contributed by atoms with van der Waals surface area (Å²) in [5.74, 6) is 1.10. The van der Waals surface area contributed by atoms with Crippen molar-refractivity contribution in [3.05, 3.63) is 23.8 Å². The van der Waals surface area contributed by atoms with Crippen molar-refractivity contribution in [2.24, 2.45) is 5.92 Å². The van der Waals surface area contributed by atoms with Gasteiger partial charge >= 0.3 is 0 Å². The molecule has 0 saturated carbocycles. The third-order valence-electron chi connectivity index (χ3n) is 3.12. The summed E-state index contributed by atoms with van der Waals surface area (Å²) in [6, 6.07) is 5.13. The number of nitrogen functional groups attached to an aromatic ring is 1. The Morgan fingerprint density at radius 2 is 2.17 bits per heavy atom. The average Bonchev–Trinajstić information content (AvgIpc) is 2.37. The number of hydrogen-bond donors (Lipinski definition) is 1. The van der Waals surface area contributed by atoms with Crippen molar-refractivity contribution < 1.29 is 9.53 Å². The quantitative estimate of drug-likeness (QED) is 0.816. The van der Waals surface area contributed by atoms with E-state index in [0.717, 1.165) is 13.0 Å². The van der Waals surface area contributed by atoms with Gasteiger partial charge in [0.05, 0.1) is 12.7 Å². The Bertz CT molecular complexity index is 418. The molecule has 0 fully saturated rings. The molecule has 0 spiro atoms. The number of hydrogen-bond acceptors (Lipinski definition) is 3. The number of benzene rings is 1. The SMILES string of the molecule is CCC(C)CN(C)C(=O)c1ccc(OC)cc1N. The molecule has 100 valence electrons. The van der Waals surface area contributed by atoms with Crippen molar-refractivity contribution in [2.45, 2.75) is 20.3 Å². The lowest BCUT2D eigenvalue weighted by Crippen LogP contribution is -2.31. The van der Waals surface area contributed by atoms with Crippen LogP contribution >= 0.6 is 0 Å². The molecular weight excluding hydrogens is 228 g/mol. The monoisotopic (exact) mass is 250 g/mol. The third-order valence-corrected chi connectivity index (χ3v) is 3.12. The van der Waals surface area contributed by atoms with Gasteiger partial charge in [0.2, 0.25) is 0 Å². The first kappa shape index (κ1) is 14.4. The summed E-state index contributed by atoms with van der Waals surface area (Å²) in [7, 11) is 3.38. The van der Waals surface area contributed by atoms with Crippen LogP contribution in [0.4, 0.5) is 5.69 Å². The Morgan fingerprint density at radius 1 is 1.50 bits per heavy atom. The lowest BCUT2D eigenvalue weighted by atomic mass is 10.1. The largest absolute Gasteiger partial charge is 0.497 e. The van der Waals surface area contributed by atoms with E-state index in [2.05, 4.69) is 13.8 Å². The number of nitrogens with two attached hydrogens (primary N) is 1. The van der Waals surface area contributed by atoms with E-state index in [1.807, 2.05) is 0 Å². The fourth-order valence-corrected chi connectivity index (χ4v) is 1.75. The molecule has 1 aromatic rings. The van der Waals surface area contributed by atoms with Crippen LogP contribution in [-0.4, -0.2) is 31.5 Å². The highest BCUT2D eigenvalue weighted by Gasteiger charge is 2.16. The smallest absolute Gasteiger partial charge is 0.255 e. The van der Waals surface area contributed by atoms with Gasteiger partial charge in [-0.15, -0.1) is 0 Å². The maximum Gasteiger partial charge on any atom is 0.255 e. The van der Waals surface area contributed by atoms with Crippen molar-refractivity contribution in [3.63, 3.8) is 0 Å². The summed E-state index contributed by atoms with van der Waals surface area (Å²) in [5, 5.41) is 0. The second kappa shape index (κ2) is 6.28. The van der Waals surface area contributed by atoms with E-state index in [9.17, 15) is 4.79 Å². The number of ether oxygens (including phenoxy) is 1. The van der Waals surface area contributed by atoms with Crippen molar-refractivity contribution >= 4 is 11.6 Å². The second-order valence-electron chi connectivity index (χ2n) is 4.65. The molecule has 1 atom stereocenters. The zero-order valence-corrected chi connectivity index (χ0v) is 11.6. The molecule has 0 bridgehead atoms. The molecule has 0 aliphatic heterocycles. The number of anilines is 1. The fourth-order valence-electron chi connectivity index (χ4n) is 1.75. The molecule has 18 heavy (non-hydrogen) atoms. The number of nitrogens with zero attached hydrogens (tertiary/aromatic N) is 1. The zero-order valence-electron chi connectivity index (χ0n) is 11.6. The maximum absolute atomic E-state index is 12.2. The minimum absolute atomic E-state index is 0.0459. The lowest BCUT2D eigenvalue weighted by Gasteiger charge is -2.21. The standard InChI is InChI=1S/C14H22N2O2/c1-5-10(2)9-16(3)14(17)12-7-6-11(18-4)8-13(12)15/h6-8,10H,5,9,15H2,1-4H3. The second-order valence-corrected chi connectivity index (χ2v) is 4.65. The first-order valence-electron chi connectivity index (χ1n) is 6.18. The van der Waals surface area contributed by atoms with Crippen LogP contribution in [0.15, 0.2) is 18.2 Å². The zero-order chi connectivity index (χ0) is 13.7. The predicted molar refractivity (Wildman–Crippen MR) is 73.8 cm³/mol. The van der Waals surface area contributed by atoms with Crippen LogP contribution in [0.2, 0.25) is 0 Å². The van der Waals surface area contributed by atoms with Gasteiger partial charge in [0, 0.05) is 25.3 Å². The minimum atomic E-state index is -0.0459. The first-order chi connectivity index (χ1) is 8.49. The Hall–Kier alpha value is -1.71. The van der Waals surface area contributed by atoms with Crippen LogP contribution in [0.25, 0.3) is 0 Å². The number of carbonyl (C=O) groups excluding carboxylic acids is 1. The molecule has 0 heterocycles. The first-order valence-corrected chi connectivity index (χ1v) is 6.18. The Kier molecular flexibility index (Phi) is 5.01. The van der Waals surface area contributed by atoms with E-state index in [1.165, 1.54) is 0 Å². The highest BCUT2D eigenvalue weighted by atomic mass is 16.5. The molecule has 1 rings (SSSR count). The minimum Gasteiger partial charge on any atom is -0.497 e. The highest BCUT2D eigenvalue weighted by Crippen LogP contribution is 2.21. The lowest BCUT2D eigenvalue weighted by molar-refractivity contribution is 0.0776. The van der Waals surface area contributed by atoms with Crippen LogP contribution in [0, 0.1) is 5.92 Å². The maximum atomic E-state index is 12.2. The van der Waals surface area contributed by atoms with E-state index >= 15 is 0 Å². The van der Waals surface area contributed by atoms with Gasteiger partial charge in [-0.2, -0.15) is 0 Å². The Balaban J connectivity index is 2.83. The molecule has 4 heteroatoms. The summed E-state index contributed by atoms with van der Waals surface area (Å²) >= 11 is 0. The van der Waals surface area contributed by atoms with Gasteiger partial charge in [0.1, 0.15) is 5.75 Å². The van der Waals surface area contributed by atoms with Crippen LogP contribution in [0.1, 0.15) is 30.6 Å². The third kappa shape index (κ3) is 3.39. The fraction of sp³-hybridized carbons (Fsp3) is 0.500. The molecule has 1 unspecified atom stereocenters. The van der Waals surface area contributed by atoms with Crippen molar-refractivity contribution in [3.8, 4) is 5.75 Å². The van der Waals surface area contributed by atoms with Crippen LogP contribution in [0.5, 0.6) is 5.75 Å². The van der Waals surface area contributed by atoms with Gasteiger partial charge in [-0.1, -0.05) is 20.3 Å². The van der Waals surface area contributed by atoms with E-state index < -0.39 is 0 Å². The number of methoxy groups -OCH3 is 1. The average molecular weight is 250 g/mol. The molecule has 0 radical (unpaired) electrons. The molecule has 0 aromatic heterocycles. The summed E-state index contributed by atoms with van der Waals surface area (Å²) in [6.07, 6.45) is 1.05. The van der Waals surface area contributed by atoms with Gasteiger partial charge in [0.25, 0.3) is 5.91 Å². The van der Waals surface area contributed by atoms with Gasteiger partial charge in [0.15, 0.2) is 0 Å². The van der Waals surface area contributed by atoms with Crippen LogP contribution < -0.4 is 10.5 Å². The molecule has 1 aromatic carbocycles. The summed E-state index contributed by atoms with van der Waals surface area (Å²) in [6.45, 7) is 4.98. The number of carbonyl (C=O) groups is 1. The Morgan fingerprint density at radius 3 is 2.67 bits per heavy atom. The molecule has 2 N–H and O–H groups in total. The van der Waals surface area contributed by atoms with Crippen LogP contribution in [0.3, 0.4) is 0 Å². The number of amides is 1. The van der Waals surface area contributed by atoms with Crippen molar-refractivity contribution in [2.75, 3.05) is 26.4 Å². The summed E-state index contributed by atoms with van der Waals surface area (Å²) < 4.78 is 5.07. The molecule has 0 aliphatic carbocycles. The van der Waals surface area contributed by atoms with Gasteiger partial charge in [-0.05, 0) is 18.1 Å². The van der Waals surface area contributed by atoms with E-state index in [0.29, 0.717) is 22.9 Å². The molecule has 4 nitrogen and oxygen atoms in total. The van der Waals surface area contributed by atoms with Gasteiger partial charge in [-0.25, -0.2) is 0 Å². The van der Waals surface area contributed by atoms with E-state index in [4.69, 9.17) is 10.5 Å². The predicted octanol–water partition coefficient (Wildman–Crippen LogP) is 2.40. The van der Waals surface area contributed by atoms with E-state index in [1.54, 1.807) is 37.3 Å². The topological polar surface area (TPSA) is 55.6 Å². The Labute approximate surface area is 109 Å².